The van der Waals surface area contributed by atoms with Crippen LogP contribution in [0.2, 0.25) is 0 Å². The van der Waals surface area contributed by atoms with Gasteiger partial charge in [0.2, 0.25) is 0 Å². The molecule has 5 heteroatoms. The third-order valence-corrected chi connectivity index (χ3v) is 5.59. The predicted molar refractivity (Wildman–Crippen MR) is 98.2 cm³/mol. The lowest BCUT2D eigenvalue weighted by atomic mass is 9.73. The highest BCUT2D eigenvalue weighted by molar-refractivity contribution is 5.92. The van der Waals surface area contributed by atoms with E-state index in [1.807, 2.05) is 19.1 Å². The van der Waals surface area contributed by atoms with Crippen LogP contribution in [-0.2, 0) is 0 Å². The zero-order chi connectivity index (χ0) is 18.0. The van der Waals surface area contributed by atoms with Gasteiger partial charge in [-0.25, -0.2) is 9.97 Å². The van der Waals surface area contributed by atoms with Crippen LogP contribution in [0.25, 0.3) is 0 Å². The van der Waals surface area contributed by atoms with Crippen LogP contribution in [0.4, 0.5) is 0 Å². The molecule has 0 spiro atoms. The highest BCUT2D eigenvalue weighted by Crippen LogP contribution is 2.53. The van der Waals surface area contributed by atoms with Crippen LogP contribution >= 0.6 is 0 Å². The maximum atomic E-state index is 12.7. The molecular weight excluding hydrogens is 324 g/mol. The predicted octanol–water partition coefficient (Wildman–Crippen LogP) is 3.05. The molecule has 2 aliphatic rings. The molecule has 0 radical (unpaired) electrons. The number of pyridine rings is 1. The van der Waals surface area contributed by atoms with Crippen molar-refractivity contribution in [2.24, 2.45) is 5.41 Å². The van der Waals surface area contributed by atoms with Crippen molar-refractivity contribution in [1.29, 1.82) is 0 Å². The number of hydrogen-bond donors (Lipinski definition) is 1. The van der Waals surface area contributed by atoms with Gasteiger partial charge < -0.3 is 5.32 Å². The first-order chi connectivity index (χ1) is 12.6. The molecule has 26 heavy (non-hydrogen) atoms. The molecule has 2 heterocycles. The van der Waals surface area contributed by atoms with Crippen LogP contribution < -0.4 is 5.32 Å². The van der Waals surface area contributed by atoms with Crippen molar-refractivity contribution in [3.63, 3.8) is 0 Å². The Bertz CT molecular complexity index is 886. The summed E-state index contributed by atoms with van der Waals surface area (Å²) in [6, 6.07) is 5.55. The number of aromatic nitrogens is 3. The van der Waals surface area contributed by atoms with E-state index in [1.165, 1.54) is 0 Å². The van der Waals surface area contributed by atoms with Crippen molar-refractivity contribution < 1.29 is 4.79 Å². The minimum atomic E-state index is -0.155. The topological polar surface area (TPSA) is 67.8 Å². The van der Waals surface area contributed by atoms with Gasteiger partial charge in [0.05, 0.1) is 6.20 Å². The normalized spacial score (nSPS) is 26.7. The number of nitrogens with zero attached hydrogens (tertiary/aromatic N) is 3. The number of nitrogens with one attached hydrogen (secondary N) is 1. The van der Waals surface area contributed by atoms with Gasteiger partial charge in [-0.05, 0) is 63.5 Å². The maximum Gasteiger partial charge on any atom is 0.270 e. The molecule has 2 aromatic heterocycles. The van der Waals surface area contributed by atoms with E-state index in [4.69, 9.17) is 0 Å². The fourth-order valence-corrected chi connectivity index (χ4v) is 4.37. The van der Waals surface area contributed by atoms with E-state index in [-0.39, 0.29) is 16.9 Å². The average molecular weight is 346 g/mol. The minimum Gasteiger partial charge on any atom is -0.345 e. The van der Waals surface area contributed by atoms with E-state index < -0.39 is 0 Å². The summed E-state index contributed by atoms with van der Waals surface area (Å²) in [6.45, 7) is 1.90. The molecule has 1 amide bonds. The molecule has 0 aromatic carbocycles. The van der Waals surface area contributed by atoms with Crippen molar-refractivity contribution in [3.8, 4) is 11.8 Å². The highest BCUT2D eigenvalue weighted by atomic mass is 16.2. The molecule has 5 nitrogen and oxygen atoms in total. The summed E-state index contributed by atoms with van der Waals surface area (Å²) < 4.78 is 0. The number of hydrogen-bond acceptors (Lipinski definition) is 4. The first-order valence-electron chi connectivity index (χ1n) is 9.14. The lowest BCUT2D eigenvalue weighted by molar-refractivity contribution is 0.0866. The number of fused-ring (bicyclic) bond motifs is 2. The molecule has 2 aliphatic carbocycles. The Morgan fingerprint density at radius 3 is 2.92 bits per heavy atom. The van der Waals surface area contributed by atoms with Gasteiger partial charge in [0.1, 0.15) is 11.4 Å². The van der Waals surface area contributed by atoms with E-state index in [9.17, 15) is 4.79 Å². The fourth-order valence-electron chi connectivity index (χ4n) is 4.37. The summed E-state index contributed by atoms with van der Waals surface area (Å²) in [5.74, 6) is 6.59. The summed E-state index contributed by atoms with van der Waals surface area (Å²) in [7, 11) is 0. The molecule has 0 aliphatic heterocycles. The monoisotopic (exact) mass is 346 g/mol. The Kier molecular flexibility index (Phi) is 4.20. The van der Waals surface area contributed by atoms with Gasteiger partial charge >= 0.3 is 0 Å². The number of carbonyl (C=O) groups excluding carboxylic acids is 1. The molecular formula is C21H22N4O. The van der Waals surface area contributed by atoms with Gasteiger partial charge in [-0.2, -0.15) is 0 Å². The van der Waals surface area contributed by atoms with Crippen molar-refractivity contribution in [1.82, 2.24) is 20.3 Å². The molecule has 2 fully saturated rings. The lowest BCUT2D eigenvalue weighted by Gasteiger charge is -2.37. The van der Waals surface area contributed by atoms with Gasteiger partial charge in [0, 0.05) is 29.0 Å². The number of aryl methyl sites for hydroxylation is 1. The van der Waals surface area contributed by atoms with Crippen LogP contribution in [0.3, 0.4) is 0 Å². The van der Waals surface area contributed by atoms with Gasteiger partial charge in [0.15, 0.2) is 0 Å². The number of rotatable bonds is 2. The molecule has 2 aromatic rings. The van der Waals surface area contributed by atoms with E-state index in [1.54, 1.807) is 24.7 Å². The molecule has 2 bridgehead atoms. The molecule has 1 N–H and O–H groups in total. The summed E-state index contributed by atoms with van der Waals surface area (Å²) in [5.41, 5.74) is 1.88. The van der Waals surface area contributed by atoms with Gasteiger partial charge in [-0.15, -0.1) is 0 Å². The second kappa shape index (κ2) is 6.53. The SMILES string of the molecule is Cc1cccc(C(=O)N[C@]23CCC[C@](C#Cc4cnccn4)(CC2)C3)n1. The third kappa shape index (κ3) is 3.32. The Hall–Kier alpha value is -2.74. The Balaban J connectivity index is 1.52. The largest absolute Gasteiger partial charge is 0.345 e. The average Bonchev–Trinajstić information content (AvgIpc) is 2.91. The van der Waals surface area contributed by atoms with Crippen molar-refractivity contribution in [2.45, 2.75) is 51.0 Å². The zero-order valence-electron chi connectivity index (χ0n) is 15.0. The van der Waals surface area contributed by atoms with Crippen LogP contribution in [-0.4, -0.2) is 26.4 Å². The molecule has 4 rings (SSSR count). The molecule has 2 saturated carbocycles. The highest BCUT2D eigenvalue weighted by Gasteiger charge is 2.51. The van der Waals surface area contributed by atoms with Gasteiger partial charge in [-0.1, -0.05) is 12.0 Å². The molecule has 0 saturated heterocycles. The first-order valence-corrected chi connectivity index (χ1v) is 9.14. The van der Waals surface area contributed by atoms with Crippen LogP contribution in [0, 0.1) is 24.2 Å². The van der Waals surface area contributed by atoms with E-state index in [0.717, 1.165) is 44.2 Å². The van der Waals surface area contributed by atoms with Crippen LogP contribution in [0.15, 0.2) is 36.8 Å². The van der Waals surface area contributed by atoms with Crippen LogP contribution in [0.1, 0.15) is 60.4 Å². The Labute approximate surface area is 153 Å². The second-order valence-corrected chi connectivity index (χ2v) is 7.55. The van der Waals surface area contributed by atoms with E-state index >= 15 is 0 Å². The Morgan fingerprint density at radius 2 is 2.12 bits per heavy atom. The first kappa shape index (κ1) is 16.7. The molecule has 0 unspecified atom stereocenters. The van der Waals surface area contributed by atoms with Crippen LogP contribution in [0.5, 0.6) is 0 Å². The molecule has 2 atom stereocenters. The third-order valence-electron chi connectivity index (χ3n) is 5.59. The number of amides is 1. The van der Waals surface area contributed by atoms with Crippen molar-refractivity contribution in [3.05, 3.63) is 53.9 Å². The summed E-state index contributed by atoms with van der Waals surface area (Å²) in [4.78, 5) is 25.4. The summed E-state index contributed by atoms with van der Waals surface area (Å²) in [5, 5.41) is 3.29. The van der Waals surface area contributed by atoms with Crippen molar-refractivity contribution in [2.75, 3.05) is 0 Å². The fraction of sp³-hybridized carbons (Fsp3) is 0.429. The number of carbonyl (C=O) groups is 1. The summed E-state index contributed by atoms with van der Waals surface area (Å²) >= 11 is 0. The second-order valence-electron chi connectivity index (χ2n) is 7.55. The van der Waals surface area contributed by atoms with Gasteiger partial charge in [-0.3, -0.25) is 9.78 Å². The summed E-state index contributed by atoms with van der Waals surface area (Å²) in [6.07, 6.45) is 11.1. The maximum absolute atomic E-state index is 12.7. The van der Waals surface area contributed by atoms with E-state index in [0.29, 0.717) is 11.4 Å². The molecule has 132 valence electrons. The van der Waals surface area contributed by atoms with E-state index in [2.05, 4.69) is 32.1 Å². The van der Waals surface area contributed by atoms with Gasteiger partial charge in [0.25, 0.3) is 5.91 Å². The zero-order valence-corrected chi connectivity index (χ0v) is 15.0. The van der Waals surface area contributed by atoms with Crippen molar-refractivity contribution >= 4 is 5.91 Å². The minimum absolute atomic E-state index is 0.0247. The quantitative estimate of drug-likeness (QED) is 0.849. The smallest absolute Gasteiger partial charge is 0.270 e. The Morgan fingerprint density at radius 1 is 1.19 bits per heavy atom. The standard InChI is InChI=1S/C21H22N4O/c1-16-4-2-5-18(24-16)19(26)25-21-8-3-7-20(15-21,10-11-21)9-6-17-14-22-12-13-23-17/h2,4-5,12-14H,3,7-8,10-11,15H2,1H3,(H,25,26)/t20-,21+/m0/s1. The lowest BCUT2D eigenvalue weighted by Crippen LogP contribution is -2.49.